The van der Waals surface area contributed by atoms with Crippen molar-refractivity contribution in [1.82, 2.24) is 0 Å². The predicted octanol–water partition coefficient (Wildman–Crippen LogP) is 2.82. The van der Waals surface area contributed by atoms with Gasteiger partial charge in [-0.2, -0.15) is 0 Å². The predicted molar refractivity (Wildman–Crippen MR) is 110 cm³/mol. The largest absolute Gasteiger partial charge is 0.449 e. The molecule has 1 saturated heterocycles. The van der Waals surface area contributed by atoms with E-state index in [-0.39, 0.29) is 17.9 Å². The Hall–Kier alpha value is -3.35. The minimum Gasteiger partial charge on any atom is -0.449 e. The molecule has 2 aromatic carbocycles. The summed E-state index contributed by atoms with van der Waals surface area (Å²) >= 11 is 0. The molecule has 7 nitrogen and oxygen atoms in total. The molecular formula is C22H23N3O4. The first kappa shape index (κ1) is 19.0. The topological polar surface area (TPSA) is 79.0 Å². The molecule has 1 fully saturated rings. The fourth-order valence-electron chi connectivity index (χ4n) is 3.89. The van der Waals surface area contributed by atoms with Gasteiger partial charge in [-0.3, -0.25) is 9.59 Å². The third-order valence-corrected chi connectivity index (χ3v) is 5.46. The zero-order valence-corrected chi connectivity index (χ0v) is 16.4. The fraction of sp³-hybridized carbons (Fsp3) is 0.318. The maximum atomic E-state index is 12.6. The van der Waals surface area contributed by atoms with Crippen molar-refractivity contribution in [3.05, 3.63) is 54.1 Å². The van der Waals surface area contributed by atoms with E-state index in [9.17, 15) is 14.4 Å². The second-order valence-electron chi connectivity index (χ2n) is 7.35. The molecule has 2 heterocycles. The summed E-state index contributed by atoms with van der Waals surface area (Å²) in [6.07, 6.45) is 0.862. The Balaban J connectivity index is 1.47. The lowest BCUT2D eigenvalue weighted by atomic mass is 10.1. The third kappa shape index (κ3) is 3.55. The average molecular weight is 393 g/mol. The van der Waals surface area contributed by atoms with Gasteiger partial charge in [-0.05, 0) is 50.1 Å². The van der Waals surface area contributed by atoms with E-state index in [1.54, 1.807) is 26.1 Å². The molecule has 2 aliphatic heterocycles. The van der Waals surface area contributed by atoms with Gasteiger partial charge >= 0.3 is 5.97 Å². The van der Waals surface area contributed by atoms with E-state index < -0.39 is 12.1 Å². The second kappa shape index (κ2) is 7.58. The molecule has 4 rings (SSSR count). The first-order valence-corrected chi connectivity index (χ1v) is 9.71. The van der Waals surface area contributed by atoms with Crippen LogP contribution in [0.4, 0.5) is 17.1 Å². The van der Waals surface area contributed by atoms with Crippen LogP contribution in [0, 0.1) is 0 Å². The van der Waals surface area contributed by atoms with Gasteiger partial charge < -0.3 is 19.9 Å². The highest BCUT2D eigenvalue weighted by molar-refractivity contribution is 6.06. The molecule has 0 aromatic heterocycles. The number of nitrogens with one attached hydrogen (secondary N) is 1. The average Bonchev–Trinajstić information content (AvgIpc) is 3.23. The molecule has 1 N–H and O–H groups in total. The van der Waals surface area contributed by atoms with Crippen molar-refractivity contribution < 1.29 is 19.1 Å². The molecule has 0 bridgehead atoms. The first-order valence-electron chi connectivity index (χ1n) is 9.71. The number of anilines is 3. The summed E-state index contributed by atoms with van der Waals surface area (Å²) in [6.45, 7) is 2.38. The molecule has 2 aromatic rings. The zero-order chi connectivity index (χ0) is 20.5. The summed E-state index contributed by atoms with van der Waals surface area (Å²) in [5.41, 5.74) is 2.53. The smallest absolute Gasteiger partial charge is 0.338 e. The number of rotatable bonds is 4. The highest BCUT2D eigenvalue weighted by Crippen LogP contribution is 2.37. The van der Waals surface area contributed by atoms with Crippen molar-refractivity contribution in [3.63, 3.8) is 0 Å². The van der Waals surface area contributed by atoms with Gasteiger partial charge in [0, 0.05) is 19.3 Å². The van der Waals surface area contributed by atoms with Gasteiger partial charge in [0.1, 0.15) is 6.04 Å². The van der Waals surface area contributed by atoms with E-state index in [1.807, 2.05) is 36.4 Å². The number of likely N-dealkylation sites (N-methyl/N-ethyl adjacent to an activating group) is 1. The summed E-state index contributed by atoms with van der Waals surface area (Å²) in [4.78, 5) is 41.0. The van der Waals surface area contributed by atoms with Crippen LogP contribution in [0.2, 0.25) is 0 Å². The number of carbonyl (C=O) groups excluding carboxylic acids is 3. The molecule has 2 amide bonds. The Bertz CT molecular complexity index is 960. The standard InChI is InChI=1S/C22H23N3O4/c1-14(21(27)24(2)16-7-4-3-5-8-16)29-22(28)15-10-11-18-17(13-15)23-20(26)19-9-6-12-25(18)19/h3-5,7-8,10-11,13-14,19H,6,9,12H2,1-2H3,(H,23,26)/t14-,19-/m1/s1. The molecular weight excluding hydrogens is 370 g/mol. The molecule has 2 aliphatic rings. The van der Waals surface area contributed by atoms with Crippen molar-refractivity contribution in [2.75, 3.05) is 28.7 Å². The molecule has 2 atom stereocenters. The van der Waals surface area contributed by atoms with Crippen molar-refractivity contribution in [3.8, 4) is 0 Å². The van der Waals surface area contributed by atoms with E-state index in [0.717, 1.165) is 30.8 Å². The van der Waals surface area contributed by atoms with Crippen LogP contribution in [0.3, 0.4) is 0 Å². The fourth-order valence-corrected chi connectivity index (χ4v) is 3.89. The van der Waals surface area contributed by atoms with E-state index in [0.29, 0.717) is 11.3 Å². The van der Waals surface area contributed by atoms with Crippen LogP contribution in [-0.4, -0.2) is 43.5 Å². The molecule has 0 spiro atoms. The molecule has 0 saturated carbocycles. The van der Waals surface area contributed by atoms with E-state index in [1.165, 1.54) is 4.90 Å². The van der Waals surface area contributed by atoms with Gasteiger partial charge in [0.2, 0.25) is 5.91 Å². The van der Waals surface area contributed by atoms with E-state index >= 15 is 0 Å². The number of esters is 1. The van der Waals surface area contributed by atoms with Gasteiger partial charge in [-0.25, -0.2) is 4.79 Å². The maximum absolute atomic E-state index is 12.6. The number of nitrogens with zero attached hydrogens (tertiary/aromatic N) is 2. The molecule has 0 unspecified atom stereocenters. The number of carbonyl (C=O) groups is 3. The van der Waals surface area contributed by atoms with Crippen LogP contribution in [0.25, 0.3) is 0 Å². The lowest BCUT2D eigenvalue weighted by molar-refractivity contribution is -0.126. The van der Waals surface area contributed by atoms with Crippen molar-refractivity contribution >= 4 is 34.8 Å². The van der Waals surface area contributed by atoms with Crippen LogP contribution >= 0.6 is 0 Å². The summed E-state index contributed by atoms with van der Waals surface area (Å²) in [5, 5.41) is 2.88. The number of hydrogen-bond donors (Lipinski definition) is 1. The molecule has 7 heteroatoms. The first-order chi connectivity index (χ1) is 14.0. The van der Waals surface area contributed by atoms with E-state index in [4.69, 9.17) is 4.74 Å². The minimum absolute atomic E-state index is 0.0476. The molecule has 29 heavy (non-hydrogen) atoms. The third-order valence-electron chi connectivity index (χ3n) is 5.46. The van der Waals surface area contributed by atoms with Crippen molar-refractivity contribution in [2.24, 2.45) is 0 Å². The van der Waals surface area contributed by atoms with Gasteiger partial charge in [-0.15, -0.1) is 0 Å². The number of ether oxygens (including phenoxy) is 1. The quantitative estimate of drug-likeness (QED) is 0.808. The normalized spacial score (nSPS) is 18.3. The number of fused-ring (bicyclic) bond motifs is 3. The Morgan fingerprint density at radius 1 is 1.21 bits per heavy atom. The second-order valence-corrected chi connectivity index (χ2v) is 7.35. The lowest BCUT2D eigenvalue weighted by Gasteiger charge is -2.33. The molecule has 150 valence electrons. The van der Waals surface area contributed by atoms with Gasteiger partial charge in [-0.1, -0.05) is 18.2 Å². The SMILES string of the molecule is C[C@@H](OC(=O)c1ccc2c(c1)NC(=O)[C@H]1CCCN21)C(=O)N(C)c1ccccc1. The van der Waals surface area contributed by atoms with Crippen molar-refractivity contribution in [1.29, 1.82) is 0 Å². The Kier molecular flexibility index (Phi) is 4.96. The van der Waals surface area contributed by atoms with Crippen LogP contribution in [-0.2, 0) is 14.3 Å². The zero-order valence-electron chi connectivity index (χ0n) is 16.4. The molecule has 0 radical (unpaired) electrons. The highest BCUT2D eigenvalue weighted by Gasteiger charge is 2.36. The van der Waals surface area contributed by atoms with Crippen LogP contribution in [0.15, 0.2) is 48.5 Å². The summed E-state index contributed by atoms with van der Waals surface area (Å²) in [7, 11) is 1.64. The Labute approximate surface area is 169 Å². The minimum atomic E-state index is -0.943. The van der Waals surface area contributed by atoms with Gasteiger partial charge in [0.05, 0.1) is 16.9 Å². The highest BCUT2D eigenvalue weighted by atomic mass is 16.5. The van der Waals surface area contributed by atoms with Crippen LogP contribution in [0.5, 0.6) is 0 Å². The monoisotopic (exact) mass is 393 g/mol. The van der Waals surface area contributed by atoms with Gasteiger partial charge in [0.25, 0.3) is 5.91 Å². The van der Waals surface area contributed by atoms with E-state index in [2.05, 4.69) is 10.2 Å². The lowest BCUT2D eigenvalue weighted by Crippen LogP contribution is -2.44. The number of benzene rings is 2. The number of amides is 2. The van der Waals surface area contributed by atoms with Crippen LogP contribution in [0.1, 0.15) is 30.1 Å². The Morgan fingerprint density at radius 3 is 2.72 bits per heavy atom. The number of para-hydroxylation sites is 1. The molecule has 0 aliphatic carbocycles. The van der Waals surface area contributed by atoms with Gasteiger partial charge in [0.15, 0.2) is 6.10 Å². The summed E-state index contributed by atoms with van der Waals surface area (Å²) in [6, 6.07) is 14.1. The van der Waals surface area contributed by atoms with Crippen LogP contribution < -0.4 is 15.1 Å². The van der Waals surface area contributed by atoms with Crippen molar-refractivity contribution in [2.45, 2.75) is 31.9 Å². The maximum Gasteiger partial charge on any atom is 0.338 e. The summed E-state index contributed by atoms with van der Waals surface area (Å²) in [5.74, 6) is -0.975. The number of hydrogen-bond acceptors (Lipinski definition) is 5. The summed E-state index contributed by atoms with van der Waals surface area (Å²) < 4.78 is 5.39. The Morgan fingerprint density at radius 2 is 1.97 bits per heavy atom.